The lowest BCUT2D eigenvalue weighted by atomic mass is 10.1. The topological polar surface area (TPSA) is 38.7 Å². The van der Waals surface area contributed by atoms with Crippen LogP contribution in [0.3, 0.4) is 0 Å². The molecule has 3 heteroatoms. The first-order valence-electron chi connectivity index (χ1n) is 13.9. The molecule has 0 radical (unpaired) electrons. The van der Waals surface area contributed by atoms with Crippen LogP contribution >= 0.6 is 0 Å². The van der Waals surface area contributed by atoms with E-state index in [9.17, 15) is 5.11 Å². The molecule has 0 aromatic heterocycles. The van der Waals surface area contributed by atoms with Crippen LogP contribution in [-0.2, 0) is 9.47 Å². The number of hydrogen-bond acceptors (Lipinski definition) is 3. The van der Waals surface area contributed by atoms with Crippen molar-refractivity contribution in [2.75, 3.05) is 26.4 Å². The summed E-state index contributed by atoms with van der Waals surface area (Å²) >= 11 is 0. The minimum absolute atomic E-state index is 0.400. The standard InChI is InChI=1S/C29H56O3/c1-3-5-7-9-11-12-13-14-15-16-17-18-19-20-22-24-26-32-28-29(30)27-31-25-23-21-10-8-6-4-2/h11-12,14-15,29-30H,3-10,13,16-28H2,1-2H3. The summed E-state index contributed by atoms with van der Waals surface area (Å²) in [5.41, 5.74) is 0. The molecule has 0 fully saturated rings. The van der Waals surface area contributed by atoms with Gasteiger partial charge in [0.2, 0.25) is 0 Å². The van der Waals surface area contributed by atoms with Crippen molar-refractivity contribution in [3.8, 4) is 0 Å². The Bertz CT molecular complexity index is 392. The number of unbranched alkanes of at least 4 members (excludes halogenated alkanes) is 14. The summed E-state index contributed by atoms with van der Waals surface area (Å²) in [6.45, 7) is 6.81. The van der Waals surface area contributed by atoms with Gasteiger partial charge >= 0.3 is 0 Å². The van der Waals surface area contributed by atoms with Crippen molar-refractivity contribution in [1.82, 2.24) is 0 Å². The molecular weight excluding hydrogens is 396 g/mol. The van der Waals surface area contributed by atoms with E-state index in [0.29, 0.717) is 13.2 Å². The zero-order chi connectivity index (χ0) is 23.4. The van der Waals surface area contributed by atoms with Gasteiger partial charge in [-0.2, -0.15) is 0 Å². The highest BCUT2D eigenvalue weighted by atomic mass is 16.5. The normalized spacial score (nSPS) is 13.0. The molecule has 0 aliphatic rings. The van der Waals surface area contributed by atoms with Crippen LogP contribution in [0.5, 0.6) is 0 Å². The van der Waals surface area contributed by atoms with Crippen molar-refractivity contribution >= 4 is 0 Å². The van der Waals surface area contributed by atoms with E-state index in [2.05, 4.69) is 38.2 Å². The third-order valence-corrected chi connectivity index (χ3v) is 5.75. The highest BCUT2D eigenvalue weighted by Crippen LogP contribution is 2.09. The van der Waals surface area contributed by atoms with Gasteiger partial charge in [-0.25, -0.2) is 0 Å². The Kier molecular flexibility index (Phi) is 27.8. The Labute approximate surface area is 201 Å². The summed E-state index contributed by atoms with van der Waals surface area (Å²) in [5, 5.41) is 9.90. The van der Waals surface area contributed by atoms with E-state index in [1.807, 2.05) is 0 Å². The Morgan fingerprint density at radius 2 is 0.938 bits per heavy atom. The highest BCUT2D eigenvalue weighted by molar-refractivity contribution is 4.92. The third kappa shape index (κ3) is 27.4. The fourth-order valence-corrected chi connectivity index (χ4v) is 3.66. The van der Waals surface area contributed by atoms with Gasteiger partial charge in [-0.05, 0) is 44.9 Å². The molecule has 0 aliphatic heterocycles. The molecule has 0 heterocycles. The summed E-state index contributed by atoms with van der Waals surface area (Å²) in [4.78, 5) is 0. The first-order chi connectivity index (χ1) is 15.8. The second kappa shape index (κ2) is 28.4. The van der Waals surface area contributed by atoms with Crippen LogP contribution in [0.15, 0.2) is 24.3 Å². The third-order valence-electron chi connectivity index (χ3n) is 5.75. The van der Waals surface area contributed by atoms with Crippen LogP contribution in [-0.4, -0.2) is 37.6 Å². The van der Waals surface area contributed by atoms with Gasteiger partial charge in [0.1, 0.15) is 6.10 Å². The molecule has 0 amide bonds. The van der Waals surface area contributed by atoms with Crippen molar-refractivity contribution in [1.29, 1.82) is 0 Å². The zero-order valence-electron chi connectivity index (χ0n) is 21.7. The molecule has 0 aliphatic carbocycles. The van der Waals surface area contributed by atoms with E-state index < -0.39 is 6.10 Å². The Hall–Kier alpha value is -0.640. The molecule has 0 bridgehead atoms. The van der Waals surface area contributed by atoms with E-state index in [1.54, 1.807) is 0 Å². The van der Waals surface area contributed by atoms with Crippen LogP contribution < -0.4 is 0 Å². The monoisotopic (exact) mass is 452 g/mol. The Balaban J connectivity index is 3.21. The van der Waals surface area contributed by atoms with Crippen molar-refractivity contribution in [3.05, 3.63) is 24.3 Å². The van der Waals surface area contributed by atoms with Crippen LogP contribution in [0.25, 0.3) is 0 Å². The van der Waals surface area contributed by atoms with Crippen molar-refractivity contribution in [3.63, 3.8) is 0 Å². The lowest BCUT2D eigenvalue weighted by Gasteiger charge is -2.12. The van der Waals surface area contributed by atoms with Gasteiger partial charge in [0.25, 0.3) is 0 Å². The minimum atomic E-state index is -0.486. The van der Waals surface area contributed by atoms with Crippen LogP contribution in [0, 0.1) is 0 Å². The maximum Gasteiger partial charge on any atom is 0.101 e. The van der Waals surface area contributed by atoms with E-state index in [1.165, 1.54) is 96.3 Å². The van der Waals surface area contributed by atoms with Crippen molar-refractivity contribution in [2.24, 2.45) is 0 Å². The number of rotatable bonds is 26. The molecule has 0 rings (SSSR count). The molecule has 1 unspecified atom stereocenters. The summed E-state index contributed by atoms with van der Waals surface area (Å²) in [7, 11) is 0. The second-order valence-electron chi connectivity index (χ2n) is 9.16. The molecule has 0 aromatic carbocycles. The van der Waals surface area contributed by atoms with E-state index in [4.69, 9.17) is 9.47 Å². The average Bonchev–Trinajstić information content (AvgIpc) is 2.80. The SMILES string of the molecule is CCCCCC=CCC=CCCCCCCCCOCC(O)COCCCCCCCC. The fourth-order valence-electron chi connectivity index (χ4n) is 3.66. The molecule has 1 atom stereocenters. The van der Waals surface area contributed by atoms with Gasteiger partial charge in [0, 0.05) is 13.2 Å². The molecule has 0 saturated carbocycles. The van der Waals surface area contributed by atoms with Crippen LogP contribution in [0.4, 0.5) is 0 Å². The first kappa shape index (κ1) is 31.4. The van der Waals surface area contributed by atoms with Gasteiger partial charge in [0.05, 0.1) is 13.2 Å². The number of aliphatic hydroxyl groups is 1. The van der Waals surface area contributed by atoms with Crippen LogP contribution in [0.1, 0.15) is 129 Å². The molecule has 0 spiro atoms. The van der Waals surface area contributed by atoms with Gasteiger partial charge in [-0.1, -0.05) is 109 Å². The molecule has 1 N–H and O–H groups in total. The smallest absolute Gasteiger partial charge is 0.101 e. The lowest BCUT2D eigenvalue weighted by molar-refractivity contribution is -0.0201. The van der Waals surface area contributed by atoms with Gasteiger partial charge < -0.3 is 14.6 Å². The minimum Gasteiger partial charge on any atom is -0.388 e. The summed E-state index contributed by atoms with van der Waals surface area (Å²) in [6, 6.07) is 0. The number of hydrogen-bond donors (Lipinski definition) is 1. The Morgan fingerprint density at radius 3 is 1.47 bits per heavy atom. The van der Waals surface area contributed by atoms with Gasteiger partial charge in [-0.3, -0.25) is 0 Å². The predicted molar refractivity (Wildman–Crippen MR) is 140 cm³/mol. The zero-order valence-corrected chi connectivity index (χ0v) is 21.7. The van der Waals surface area contributed by atoms with E-state index in [-0.39, 0.29) is 0 Å². The van der Waals surface area contributed by atoms with E-state index >= 15 is 0 Å². The lowest BCUT2D eigenvalue weighted by Crippen LogP contribution is -2.22. The number of aliphatic hydroxyl groups excluding tert-OH is 1. The number of allylic oxidation sites excluding steroid dienone is 4. The maximum atomic E-state index is 9.90. The second-order valence-corrected chi connectivity index (χ2v) is 9.16. The average molecular weight is 453 g/mol. The number of ether oxygens (including phenoxy) is 2. The van der Waals surface area contributed by atoms with Crippen molar-refractivity contribution < 1.29 is 14.6 Å². The first-order valence-corrected chi connectivity index (χ1v) is 13.9. The quantitative estimate of drug-likeness (QED) is 0.105. The molecule has 0 aromatic rings. The predicted octanol–water partition coefficient (Wildman–Crippen LogP) is 8.55. The highest BCUT2D eigenvalue weighted by Gasteiger charge is 2.04. The van der Waals surface area contributed by atoms with Gasteiger partial charge in [-0.15, -0.1) is 0 Å². The molecule has 32 heavy (non-hydrogen) atoms. The largest absolute Gasteiger partial charge is 0.388 e. The summed E-state index contributed by atoms with van der Waals surface area (Å²) in [5.74, 6) is 0. The maximum absolute atomic E-state index is 9.90. The fraction of sp³-hybridized carbons (Fsp3) is 0.862. The molecule has 0 saturated heterocycles. The van der Waals surface area contributed by atoms with Gasteiger partial charge in [0.15, 0.2) is 0 Å². The Morgan fingerprint density at radius 1 is 0.531 bits per heavy atom. The van der Waals surface area contributed by atoms with Crippen LogP contribution in [0.2, 0.25) is 0 Å². The summed E-state index contributed by atoms with van der Waals surface area (Å²) in [6.07, 6.45) is 31.5. The van der Waals surface area contributed by atoms with E-state index in [0.717, 1.165) is 32.5 Å². The summed E-state index contributed by atoms with van der Waals surface area (Å²) < 4.78 is 11.1. The molecule has 3 nitrogen and oxygen atoms in total. The molecular formula is C29H56O3. The molecule has 190 valence electrons. The van der Waals surface area contributed by atoms with Crippen molar-refractivity contribution in [2.45, 2.75) is 136 Å².